The lowest BCUT2D eigenvalue weighted by atomic mass is 10.2. The summed E-state index contributed by atoms with van der Waals surface area (Å²) < 4.78 is 12.4. The zero-order valence-corrected chi connectivity index (χ0v) is 17.7. The molecule has 0 bridgehead atoms. The van der Waals surface area contributed by atoms with Crippen molar-refractivity contribution < 1.29 is 9.47 Å². The maximum atomic E-state index is 5.93. The predicted octanol–water partition coefficient (Wildman–Crippen LogP) is 3.49. The van der Waals surface area contributed by atoms with Crippen LogP contribution in [0.25, 0.3) is 10.2 Å². The summed E-state index contributed by atoms with van der Waals surface area (Å²) in [5.41, 5.74) is 2.11. The molecule has 29 heavy (non-hydrogen) atoms. The molecule has 2 aromatic carbocycles. The molecule has 1 aliphatic rings. The molecule has 0 aliphatic carbocycles. The molecule has 0 spiro atoms. The fourth-order valence-electron chi connectivity index (χ4n) is 3.09. The molecule has 1 aromatic heterocycles. The maximum absolute atomic E-state index is 5.93. The minimum Gasteiger partial charge on any atom is -0.492 e. The number of rotatable bonds is 7. The van der Waals surface area contributed by atoms with Crippen LogP contribution in [-0.4, -0.2) is 54.5 Å². The SMILES string of the molecule is S=C(NCc1ccccc1)Nc1nc2ccc(OCCN3CCOCC3)cc2s1. The minimum absolute atomic E-state index is 0.565. The molecule has 0 radical (unpaired) electrons. The lowest BCUT2D eigenvalue weighted by Gasteiger charge is -2.26. The smallest absolute Gasteiger partial charge is 0.190 e. The van der Waals surface area contributed by atoms with Gasteiger partial charge in [-0.25, -0.2) is 4.98 Å². The average Bonchev–Trinajstić information content (AvgIpc) is 3.15. The van der Waals surface area contributed by atoms with Crippen LogP contribution in [0, 0.1) is 0 Å². The van der Waals surface area contributed by atoms with Gasteiger partial charge in [0.1, 0.15) is 12.4 Å². The van der Waals surface area contributed by atoms with Gasteiger partial charge in [-0.2, -0.15) is 0 Å². The number of thiazole rings is 1. The van der Waals surface area contributed by atoms with E-state index in [0.717, 1.165) is 53.9 Å². The van der Waals surface area contributed by atoms with E-state index in [1.54, 1.807) is 11.3 Å². The molecule has 0 atom stereocenters. The van der Waals surface area contributed by atoms with Gasteiger partial charge in [-0.3, -0.25) is 4.90 Å². The lowest BCUT2D eigenvalue weighted by molar-refractivity contribution is 0.0322. The second-order valence-electron chi connectivity index (χ2n) is 6.74. The highest BCUT2D eigenvalue weighted by Crippen LogP contribution is 2.29. The number of nitrogens with one attached hydrogen (secondary N) is 2. The summed E-state index contributed by atoms with van der Waals surface area (Å²) in [7, 11) is 0. The summed E-state index contributed by atoms with van der Waals surface area (Å²) >= 11 is 6.96. The van der Waals surface area contributed by atoms with Gasteiger partial charge in [-0.15, -0.1) is 0 Å². The zero-order valence-electron chi connectivity index (χ0n) is 16.1. The third-order valence-corrected chi connectivity index (χ3v) is 5.84. The van der Waals surface area contributed by atoms with Crippen LogP contribution in [0.1, 0.15) is 5.56 Å². The number of hydrogen-bond donors (Lipinski definition) is 2. The van der Waals surface area contributed by atoms with Crippen molar-refractivity contribution in [3.05, 3.63) is 54.1 Å². The Balaban J connectivity index is 1.28. The van der Waals surface area contributed by atoms with Gasteiger partial charge >= 0.3 is 0 Å². The first-order chi connectivity index (χ1) is 14.3. The molecule has 0 amide bonds. The van der Waals surface area contributed by atoms with Crippen molar-refractivity contribution in [2.24, 2.45) is 0 Å². The molecule has 2 heterocycles. The summed E-state index contributed by atoms with van der Waals surface area (Å²) in [5.74, 6) is 0.866. The fraction of sp³-hybridized carbons (Fsp3) is 0.333. The molecule has 2 N–H and O–H groups in total. The molecule has 1 fully saturated rings. The van der Waals surface area contributed by atoms with Crippen LogP contribution in [0.3, 0.4) is 0 Å². The Morgan fingerprint density at radius 1 is 1.17 bits per heavy atom. The molecule has 3 aromatic rings. The van der Waals surface area contributed by atoms with Crippen LogP contribution < -0.4 is 15.4 Å². The van der Waals surface area contributed by atoms with Crippen LogP contribution in [0.4, 0.5) is 5.13 Å². The minimum atomic E-state index is 0.565. The Bertz CT molecular complexity index is 942. The summed E-state index contributed by atoms with van der Waals surface area (Å²) in [6.45, 7) is 5.84. The van der Waals surface area contributed by atoms with Crippen molar-refractivity contribution in [2.75, 3.05) is 44.8 Å². The van der Waals surface area contributed by atoms with Crippen molar-refractivity contribution >= 4 is 44.0 Å². The highest BCUT2D eigenvalue weighted by atomic mass is 32.1. The second-order valence-corrected chi connectivity index (χ2v) is 8.18. The normalized spacial score (nSPS) is 14.6. The highest BCUT2D eigenvalue weighted by Gasteiger charge is 2.11. The van der Waals surface area contributed by atoms with Gasteiger partial charge in [0.2, 0.25) is 0 Å². The van der Waals surface area contributed by atoms with E-state index >= 15 is 0 Å². The van der Waals surface area contributed by atoms with Gasteiger partial charge in [0.15, 0.2) is 10.2 Å². The first kappa shape index (κ1) is 20.0. The van der Waals surface area contributed by atoms with Crippen LogP contribution in [0.5, 0.6) is 5.75 Å². The van der Waals surface area contributed by atoms with Gasteiger partial charge in [-0.05, 0) is 36.0 Å². The van der Waals surface area contributed by atoms with E-state index in [4.69, 9.17) is 21.7 Å². The monoisotopic (exact) mass is 428 g/mol. The zero-order chi connectivity index (χ0) is 19.9. The second kappa shape index (κ2) is 9.98. The topological polar surface area (TPSA) is 58.7 Å². The highest BCUT2D eigenvalue weighted by molar-refractivity contribution is 7.80. The van der Waals surface area contributed by atoms with Crippen molar-refractivity contribution in [2.45, 2.75) is 6.54 Å². The number of thiocarbonyl (C=S) groups is 1. The van der Waals surface area contributed by atoms with E-state index < -0.39 is 0 Å². The fourth-order valence-corrected chi connectivity index (χ4v) is 4.22. The third-order valence-electron chi connectivity index (χ3n) is 4.66. The summed E-state index contributed by atoms with van der Waals surface area (Å²) in [4.78, 5) is 6.97. The number of anilines is 1. The van der Waals surface area contributed by atoms with E-state index in [9.17, 15) is 0 Å². The Kier molecular flexibility index (Phi) is 6.89. The molecule has 0 saturated carbocycles. The van der Waals surface area contributed by atoms with Crippen molar-refractivity contribution in [3.63, 3.8) is 0 Å². The quantitative estimate of drug-likeness (QED) is 0.559. The molecule has 1 aliphatic heterocycles. The Hall–Kier alpha value is -2.26. The summed E-state index contributed by atoms with van der Waals surface area (Å²) in [6, 6.07) is 16.2. The number of ether oxygens (including phenoxy) is 2. The Morgan fingerprint density at radius 3 is 2.83 bits per heavy atom. The van der Waals surface area contributed by atoms with Crippen molar-refractivity contribution in [3.8, 4) is 5.75 Å². The molecule has 1 saturated heterocycles. The molecule has 8 heteroatoms. The van der Waals surface area contributed by atoms with Crippen LogP contribution in [0.2, 0.25) is 0 Å². The molecule has 6 nitrogen and oxygen atoms in total. The standard InChI is InChI=1S/C21H24N4O2S2/c28-20(22-15-16-4-2-1-3-5-16)24-21-23-18-7-6-17(14-19(18)29-21)27-13-10-25-8-11-26-12-9-25/h1-7,14H,8-13,15H2,(H2,22,23,24,28). The third kappa shape index (κ3) is 5.86. The largest absolute Gasteiger partial charge is 0.492 e. The average molecular weight is 429 g/mol. The van der Waals surface area contributed by atoms with E-state index in [1.165, 1.54) is 5.56 Å². The van der Waals surface area contributed by atoms with Gasteiger partial charge in [-0.1, -0.05) is 41.7 Å². The number of nitrogens with zero attached hydrogens (tertiary/aromatic N) is 2. The summed E-state index contributed by atoms with van der Waals surface area (Å²) in [6.07, 6.45) is 0. The van der Waals surface area contributed by atoms with Crippen LogP contribution in [0.15, 0.2) is 48.5 Å². The molecule has 152 valence electrons. The van der Waals surface area contributed by atoms with E-state index in [0.29, 0.717) is 18.3 Å². The summed E-state index contributed by atoms with van der Waals surface area (Å²) in [5, 5.41) is 7.73. The van der Waals surface area contributed by atoms with Crippen molar-refractivity contribution in [1.29, 1.82) is 0 Å². The van der Waals surface area contributed by atoms with E-state index in [1.807, 2.05) is 36.4 Å². The maximum Gasteiger partial charge on any atom is 0.190 e. The van der Waals surface area contributed by atoms with Crippen molar-refractivity contribution in [1.82, 2.24) is 15.2 Å². The molecule has 4 rings (SSSR count). The number of hydrogen-bond acceptors (Lipinski definition) is 6. The van der Waals surface area contributed by atoms with Crippen LogP contribution in [-0.2, 0) is 11.3 Å². The van der Waals surface area contributed by atoms with Crippen LogP contribution >= 0.6 is 23.6 Å². The van der Waals surface area contributed by atoms with Gasteiger partial charge in [0.05, 0.1) is 23.4 Å². The Labute approximate surface area is 179 Å². The first-order valence-corrected chi connectivity index (χ1v) is 10.9. The van der Waals surface area contributed by atoms with Gasteiger partial charge < -0.3 is 20.1 Å². The number of morpholine rings is 1. The predicted molar refractivity (Wildman–Crippen MR) is 122 cm³/mol. The molecular formula is C21H24N4O2S2. The Morgan fingerprint density at radius 2 is 2.00 bits per heavy atom. The molecule has 0 unspecified atom stereocenters. The number of aromatic nitrogens is 1. The molecular weight excluding hydrogens is 404 g/mol. The van der Waals surface area contributed by atoms with E-state index in [-0.39, 0.29) is 0 Å². The van der Waals surface area contributed by atoms with E-state index in [2.05, 4.69) is 32.7 Å². The lowest BCUT2D eigenvalue weighted by Crippen LogP contribution is -2.38. The first-order valence-electron chi connectivity index (χ1n) is 9.68. The number of benzene rings is 2. The van der Waals surface area contributed by atoms with Gasteiger partial charge in [0.25, 0.3) is 0 Å². The van der Waals surface area contributed by atoms with Gasteiger partial charge in [0, 0.05) is 26.2 Å². The number of fused-ring (bicyclic) bond motifs is 1.